The highest BCUT2D eigenvalue weighted by molar-refractivity contribution is 5.92. The van der Waals surface area contributed by atoms with Gasteiger partial charge in [-0.3, -0.25) is 14.3 Å². The molecule has 0 saturated carbocycles. The van der Waals surface area contributed by atoms with Gasteiger partial charge in [-0.15, -0.1) is 5.10 Å². The number of hydrogen-bond donors (Lipinski definition) is 3. The van der Waals surface area contributed by atoms with E-state index >= 15 is 0 Å². The number of carboxylic acid groups (broad SMARTS) is 1. The number of carbonyl (C=O) groups excluding carboxylic acids is 1. The lowest BCUT2D eigenvalue weighted by atomic mass is 10.0. The molecule has 0 aromatic carbocycles. The Bertz CT molecular complexity index is 443. The van der Waals surface area contributed by atoms with Gasteiger partial charge in [0.05, 0.1) is 19.2 Å². The first-order chi connectivity index (χ1) is 8.93. The van der Waals surface area contributed by atoms with Crippen LogP contribution in [0.25, 0.3) is 0 Å². The number of amides is 1. The quantitative estimate of drug-likeness (QED) is 0.611. The molecule has 1 unspecified atom stereocenters. The smallest absolute Gasteiger partial charge is 0.305 e. The van der Waals surface area contributed by atoms with Crippen LogP contribution in [0.1, 0.15) is 30.8 Å². The molecule has 4 N–H and O–H groups in total. The van der Waals surface area contributed by atoms with Gasteiger partial charge in [0, 0.05) is 12.6 Å². The van der Waals surface area contributed by atoms with Gasteiger partial charge in [-0.25, -0.2) is 0 Å². The molecule has 19 heavy (non-hydrogen) atoms. The molecule has 0 radical (unpaired) electrons. The van der Waals surface area contributed by atoms with Gasteiger partial charge < -0.3 is 16.2 Å². The molecular weight excluding hydrogens is 250 g/mol. The Hall–Kier alpha value is -1.96. The van der Waals surface area contributed by atoms with Crippen molar-refractivity contribution < 1.29 is 14.7 Å². The average molecular weight is 269 g/mol. The molecule has 0 bridgehead atoms. The molecule has 0 spiro atoms. The van der Waals surface area contributed by atoms with Crippen LogP contribution >= 0.6 is 0 Å². The zero-order chi connectivity index (χ0) is 14.4. The van der Waals surface area contributed by atoms with E-state index in [1.807, 2.05) is 13.8 Å². The van der Waals surface area contributed by atoms with Crippen LogP contribution in [0.15, 0.2) is 6.20 Å². The van der Waals surface area contributed by atoms with E-state index in [2.05, 4.69) is 15.6 Å². The predicted molar refractivity (Wildman–Crippen MR) is 67.4 cm³/mol. The van der Waals surface area contributed by atoms with Crippen molar-refractivity contribution in [3.05, 3.63) is 11.9 Å². The molecule has 1 aromatic rings. The fourth-order valence-electron chi connectivity index (χ4n) is 1.53. The van der Waals surface area contributed by atoms with Crippen LogP contribution in [0.4, 0.5) is 0 Å². The van der Waals surface area contributed by atoms with Crippen LogP contribution in [0.5, 0.6) is 0 Å². The third-order valence-electron chi connectivity index (χ3n) is 2.65. The van der Waals surface area contributed by atoms with Gasteiger partial charge in [-0.05, 0) is 5.92 Å². The van der Waals surface area contributed by atoms with Crippen molar-refractivity contribution in [1.82, 2.24) is 20.3 Å². The summed E-state index contributed by atoms with van der Waals surface area (Å²) in [7, 11) is 0. The van der Waals surface area contributed by atoms with E-state index in [0.29, 0.717) is 13.1 Å². The number of hydrogen-bond acceptors (Lipinski definition) is 5. The first-order valence-electron chi connectivity index (χ1n) is 6.07. The Balaban J connectivity index is 2.67. The lowest BCUT2D eigenvalue weighted by Crippen LogP contribution is -2.40. The first kappa shape index (κ1) is 15.1. The highest BCUT2D eigenvalue weighted by atomic mass is 16.4. The van der Waals surface area contributed by atoms with Crippen LogP contribution in [0, 0.1) is 5.92 Å². The first-order valence-corrected chi connectivity index (χ1v) is 6.07. The number of aromatic nitrogens is 3. The molecule has 1 aromatic heterocycles. The maximum absolute atomic E-state index is 11.9. The van der Waals surface area contributed by atoms with Gasteiger partial charge in [-0.2, -0.15) is 0 Å². The molecule has 0 aliphatic carbocycles. The molecule has 0 aliphatic heterocycles. The molecule has 8 heteroatoms. The highest BCUT2D eigenvalue weighted by Gasteiger charge is 2.21. The van der Waals surface area contributed by atoms with Crippen LogP contribution < -0.4 is 11.1 Å². The summed E-state index contributed by atoms with van der Waals surface area (Å²) in [5.74, 6) is -1.37. The zero-order valence-corrected chi connectivity index (χ0v) is 11.0. The van der Waals surface area contributed by atoms with Gasteiger partial charge in [-0.1, -0.05) is 19.1 Å². The summed E-state index contributed by atoms with van der Waals surface area (Å²) in [5.41, 5.74) is 5.52. The molecule has 0 fully saturated rings. The average Bonchev–Trinajstić information content (AvgIpc) is 2.76. The maximum atomic E-state index is 11.9. The molecule has 1 amide bonds. The molecule has 1 heterocycles. The van der Waals surface area contributed by atoms with Crippen LogP contribution in [-0.4, -0.2) is 44.6 Å². The number of rotatable bonds is 7. The van der Waals surface area contributed by atoms with Crippen molar-refractivity contribution in [2.75, 3.05) is 6.54 Å². The largest absolute Gasteiger partial charge is 0.481 e. The van der Waals surface area contributed by atoms with Crippen LogP contribution in [0.2, 0.25) is 0 Å². The molecule has 8 nitrogen and oxygen atoms in total. The van der Waals surface area contributed by atoms with Gasteiger partial charge in [0.2, 0.25) is 0 Å². The summed E-state index contributed by atoms with van der Waals surface area (Å²) in [6.07, 6.45) is 1.36. The standard InChI is InChI=1S/C11H19N5O3/c1-7(2)8(5-10(17)18)13-11(19)9-6-16(4-3-12)15-14-9/h6-8H,3-5,12H2,1-2H3,(H,13,19)(H,17,18). The Morgan fingerprint density at radius 3 is 2.74 bits per heavy atom. The van der Waals surface area contributed by atoms with Crippen LogP contribution in [0.3, 0.4) is 0 Å². The van der Waals surface area contributed by atoms with Crippen molar-refractivity contribution in [1.29, 1.82) is 0 Å². The number of carbonyl (C=O) groups is 2. The van der Waals surface area contributed by atoms with Crippen molar-refractivity contribution in [3.8, 4) is 0 Å². The van der Waals surface area contributed by atoms with Crippen molar-refractivity contribution >= 4 is 11.9 Å². The minimum Gasteiger partial charge on any atom is -0.481 e. The Morgan fingerprint density at radius 2 is 2.21 bits per heavy atom. The summed E-state index contributed by atoms with van der Waals surface area (Å²) in [4.78, 5) is 22.6. The Labute approximate surface area is 111 Å². The molecule has 1 atom stereocenters. The van der Waals surface area contributed by atoms with Gasteiger partial charge in [0.25, 0.3) is 5.91 Å². The summed E-state index contributed by atoms with van der Waals surface area (Å²) in [6, 6.07) is -0.440. The minimum atomic E-state index is -0.953. The van der Waals surface area contributed by atoms with Crippen LogP contribution in [-0.2, 0) is 11.3 Å². The Morgan fingerprint density at radius 1 is 1.53 bits per heavy atom. The lowest BCUT2D eigenvalue weighted by molar-refractivity contribution is -0.137. The number of nitrogens with two attached hydrogens (primary N) is 1. The molecule has 106 valence electrons. The fraction of sp³-hybridized carbons (Fsp3) is 0.636. The maximum Gasteiger partial charge on any atom is 0.305 e. The monoisotopic (exact) mass is 269 g/mol. The number of aliphatic carboxylic acids is 1. The summed E-state index contributed by atoms with van der Waals surface area (Å²) in [6.45, 7) is 4.57. The SMILES string of the molecule is CC(C)C(CC(=O)O)NC(=O)c1cn(CCN)nn1. The second-order valence-corrected chi connectivity index (χ2v) is 4.58. The minimum absolute atomic E-state index is 0.0131. The third kappa shape index (κ3) is 4.66. The van der Waals surface area contributed by atoms with Crippen molar-refractivity contribution in [3.63, 3.8) is 0 Å². The molecule has 0 saturated heterocycles. The van der Waals surface area contributed by atoms with E-state index < -0.39 is 17.9 Å². The number of carboxylic acids is 1. The number of nitrogens with one attached hydrogen (secondary N) is 1. The van der Waals surface area contributed by atoms with Gasteiger partial charge in [0.1, 0.15) is 0 Å². The fourth-order valence-corrected chi connectivity index (χ4v) is 1.53. The van der Waals surface area contributed by atoms with Crippen molar-refractivity contribution in [2.24, 2.45) is 11.7 Å². The second kappa shape index (κ2) is 6.83. The summed E-state index contributed by atoms with van der Waals surface area (Å²) < 4.78 is 1.47. The third-order valence-corrected chi connectivity index (χ3v) is 2.65. The molecule has 1 rings (SSSR count). The van der Waals surface area contributed by atoms with Gasteiger partial charge in [0.15, 0.2) is 5.69 Å². The van der Waals surface area contributed by atoms with E-state index in [-0.39, 0.29) is 18.0 Å². The summed E-state index contributed by atoms with van der Waals surface area (Å²) >= 11 is 0. The highest BCUT2D eigenvalue weighted by Crippen LogP contribution is 2.07. The van der Waals surface area contributed by atoms with E-state index in [1.54, 1.807) is 0 Å². The topological polar surface area (TPSA) is 123 Å². The van der Waals surface area contributed by atoms with E-state index in [9.17, 15) is 9.59 Å². The predicted octanol–water partition coefficient (Wildman–Crippen LogP) is -0.534. The number of nitrogens with zero attached hydrogens (tertiary/aromatic N) is 3. The van der Waals surface area contributed by atoms with E-state index in [4.69, 9.17) is 10.8 Å². The van der Waals surface area contributed by atoms with E-state index in [0.717, 1.165) is 0 Å². The Kier molecular flexibility index (Phi) is 5.43. The zero-order valence-electron chi connectivity index (χ0n) is 11.0. The molecular formula is C11H19N5O3. The second-order valence-electron chi connectivity index (χ2n) is 4.58. The lowest BCUT2D eigenvalue weighted by Gasteiger charge is -2.19. The summed E-state index contributed by atoms with van der Waals surface area (Å²) in [5, 5.41) is 18.9. The van der Waals surface area contributed by atoms with Gasteiger partial charge >= 0.3 is 5.97 Å². The molecule has 0 aliphatic rings. The van der Waals surface area contributed by atoms with Crippen molar-refractivity contribution in [2.45, 2.75) is 32.9 Å². The van der Waals surface area contributed by atoms with E-state index in [1.165, 1.54) is 10.9 Å². The normalized spacial score (nSPS) is 12.4.